The maximum atomic E-state index is 11.9. The maximum absolute atomic E-state index is 11.9. The topological polar surface area (TPSA) is 60.2 Å². The molecule has 1 aliphatic rings. The zero-order chi connectivity index (χ0) is 14.0. The molecule has 0 aromatic rings. The molecular formula is C13H21NO2S2. The molecule has 1 aliphatic carbocycles. The van der Waals surface area contributed by atoms with Crippen molar-refractivity contribution in [3.8, 4) is 0 Å². The largest absolute Gasteiger partial charge is 0.228 e. The van der Waals surface area contributed by atoms with Crippen molar-refractivity contribution in [1.29, 1.82) is 0 Å². The lowest BCUT2D eigenvalue weighted by atomic mass is 9.76. The summed E-state index contributed by atoms with van der Waals surface area (Å²) >= 11 is 1.57. The Bertz CT molecular complexity index is 472. The van der Waals surface area contributed by atoms with E-state index >= 15 is 0 Å². The van der Waals surface area contributed by atoms with Gasteiger partial charge in [0.05, 0.1) is 4.75 Å². The van der Waals surface area contributed by atoms with Crippen LogP contribution in [0, 0.1) is 5.41 Å². The summed E-state index contributed by atoms with van der Waals surface area (Å²) in [4.78, 5) is 0. The first-order valence-electron chi connectivity index (χ1n) is 5.77. The molecule has 1 rings (SSSR count). The van der Waals surface area contributed by atoms with Crippen LogP contribution in [0.2, 0.25) is 0 Å². The molecule has 0 fully saturated rings. The van der Waals surface area contributed by atoms with Gasteiger partial charge in [-0.3, -0.25) is 0 Å². The third-order valence-corrected chi connectivity index (χ3v) is 6.40. The second-order valence-corrected chi connectivity index (χ2v) is 8.38. The molecule has 0 heterocycles. The number of hydrogen-bond acceptors (Lipinski definition) is 3. The lowest BCUT2D eigenvalue weighted by Gasteiger charge is -2.46. The fourth-order valence-electron chi connectivity index (χ4n) is 2.18. The highest BCUT2D eigenvalue weighted by molar-refractivity contribution is 8.02. The van der Waals surface area contributed by atoms with Gasteiger partial charge in [-0.1, -0.05) is 51.2 Å². The number of sulfonamides is 1. The summed E-state index contributed by atoms with van der Waals surface area (Å²) in [6, 6.07) is 0. The Hall–Kier alpha value is -0.520. The Morgan fingerprint density at radius 3 is 2.50 bits per heavy atom. The smallest absolute Gasteiger partial charge is 0.217 e. The quantitative estimate of drug-likeness (QED) is 0.808. The van der Waals surface area contributed by atoms with E-state index < -0.39 is 20.0 Å². The van der Waals surface area contributed by atoms with Gasteiger partial charge in [0, 0.05) is 5.75 Å². The summed E-state index contributed by atoms with van der Waals surface area (Å²) in [5.41, 5.74) is -0.237. The predicted octanol–water partition coefficient (Wildman–Crippen LogP) is 2.47. The third-order valence-electron chi connectivity index (χ3n) is 3.13. The zero-order valence-corrected chi connectivity index (χ0v) is 12.7. The van der Waals surface area contributed by atoms with Crippen LogP contribution in [0.3, 0.4) is 0 Å². The van der Waals surface area contributed by atoms with Crippen LogP contribution in [-0.4, -0.2) is 24.2 Å². The van der Waals surface area contributed by atoms with Gasteiger partial charge in [-0.05, 0) is 5.41 Å². The third kappa shape index (κ3) is 2.90. The van der Waals surface area contributed by atoms with Crippen molar-refractivity contribution in [2.24, 2.45) is 10.6 Å². The zero-order valence-electron chi connectivity index (χ0n) is 11.1. The molecule has 0 saturated heterocycles. The number of hydrogen-bond donors (Lipinski definition) is 1. The Morgan fingerprint density at radius 2 is 2.06 bits per heavy atom. The van der Waals surface area contributed by atoms with Gasteiger partial charge in [0.15, 0.2) is 0 Å². The van der Waals surface area contributed by atoms with Gasteiger partial charge in [0.25, 0.3) is 0 Å². The molecular weight excluding hydrogens is 266 g/mol. The summed E-state index contributed by atoms with van der Waals surface area (Å²) in [7, 11) is -3.64. The molecule has 18 heavy (non-hydrogen) atoms. The first-order chi connectivity index (χ1) is 8.15. The minimum Gasteiger partial charge on any atom is -0.228 e. The molecule has 0 aromatic carbocycles. The van der Waals surface area contributed by atoms with Gasteiger partial charge in [-0.25, -0.2) is 13.6 Å². The molecule has 0 aromatic heterocycles. The average molecular weight is 287 g/mol. The first kappa shape index (κ1) is 15.5. The fourth-order valence-corrected chi connectivity index (χ4v) is 5.26. The van der Waals surface area contributed by atoms with Crippen LogP contribution < -0.4 is 5.14 Å². The lowest BCUT2D eigenvalue weighted by Crippen LogP contribution is -2.53. The summed E-state index contributed by atoms with van der Waals surface area (Å²) in [5.74, 6) is 0.682. The van der Waals surface area contributed by atoms with E-state index in [1.807, 2.05) is 32.9 Å². The van der Waals surface area contributed by atoms with Gasteiger partial charge in [0.1, 0.15) is 5.25 Å². The van der Waals surface area contributed by atoms with Gasteiger partial charge >= 0.3 is 0 Å². The second kappa shape index (κ2) is 5.23. The number of primary sulfonamides is 1. The van der Waals surface area contributed by atoms with E-state index in [1.165, 1.54) is 0 Å². The van der Waals surface area contributed by atoms with E-state index in [0.717, 1.165) is 0 Å². The van der Waals surface area contributed by atoms with Crippen LogP contribution in [0.1, 0.15) is 20.8 Å². The molecule has 0 spiro atoms. The molecule has 0 radical (unpaired) electrons. The molecule has 0 bridgehead atoms. The highest BCUT2D eigenvalue weighted by atomic mass is 32.2. The second-order valence-electron chi connectivity index (χ2n) is 5.40. The molecule has 102 valence electrons. The predicted molar refractivity (Wildman–Crippen MR) is 80.0 cm³/mol. The molecule has 2 atom stereocenters. The molecule has 0 aliphatic heterocycles. The lowest BCUT2D eigenvalue weighted by molar-refractivity contribution is 0.328. The van der Waals surface area contributed by atoms with Crippen molar-refractivity contribution in [2.75, 3.05) is 5.75 Å². The monoisotopic (exact) mass is 287 g/mol. The van der Waals surface area contributed by atoms with Crippen molar-refractivity contribution in [2.45, 2.75) is 30.8 Å². The molecule has 2 N–H and O–H groups in total. The summed E-state index contributed by atoms with van der Waals surface area (Å²) in [6.07, 6.45) is 9.05. The Morgan fingerprint density at radius 1 is 1.44 bits per heavy atom. The van der Waals surface area contributed by atoms with Crippen LogP contribution in [0.25, 0.3) is 0 Å². The molecule has 5 heteroatoms. The van der Waals surface area contributed by atoms with E-state index in [1.54, 1.807) is 30.0 Å². The maximum Gasteiger partial charge on any atom is 0.217 e. The van der Waals surface area contributed by atoms with Crippen molar-refractivity contribution < 1.29 is 8.42 Å². The number of thioether (sulfide) groups is 1. The van der Waals surface area contributed by atoms with Gasteiger partial charge in [-0.15, -0.1) is 18.3 Å². The fraction of sp³-hybridized carbons (Fsp3) is 0.538. The van der Waals surface area contributed by atoms with E-state index in [-0.39, 0.29) is 5.41 Å². The molecule has 2 unspecified atom stereocenters. The van der Waals surface area contributed by atoms with Crippen LogP contribution >= 0.6 is 11.8 Å². The van der Waals surface area contributed by atoms with Crippen LogP contribution in [0.5, 0.6) is 0 Å². The Kier molecular flexibility index (Phi) is 4.51. The Balaban J connectivity index is 3.34. The Labute approximate surface area is 114 Å². The van der Waals surface area contributed by atoms with Crippen molar-refractivity contribution in [1.82, 2.24) is 0 Å². The van der Waals surface area contributed by atoms with Gasteiger partial charge in [0.2, 0.25) is 10.0 Å². The number of rotatable bonds is 4. The molecule has 0 saturated carbocycles. The van der Waals surface area contributed by atoms with Crippen molar-refractivity contribution in [3.05, 3.63) is 37.0 Å². The van der Waals surface area contributed by atoms with Gasteiger partial charge in [-0.2, -0.15) is 0 Å². The SMILES string of the molecule is C=CCSC1(C(C)(C)C)C=CC=CC1S(N)(=O)=O. The minimum absolute atomic E-state index is 0.237. The van der Waals surface area contributed by atoms with Crippen LogP contribution in [0.4, 0.5) is 0 Å². The molecule has 0 amide bonds. The first-order valence-corrected chi connectivity index (χ1v) is 8.37. The van der Waals surface area contributed by atoms with Crippen LogP contribution in [-0.2, 0) is 10.0 Å². The average Bonchev–Trinajstić information content (AvgIpc) is 2.24. The van der Waals surface area contributed by atoms with E-state index in [9.17, 15) is 8.42 Å². The number of allylic oxidation sites excluding steroid dienone is 2. The molecule has 3 nitrogen and oxygen atoms in total. The summed E-state index contributed by atoms with van der Waals surface area (Å²) in [5, 5.41) is 4.69. The summed E-state index contributed by atoms with van der Waals surface area (Å²) in [6.45, 7) is 9.80. The normalized spacial score (nSPS) is 28.3. The highest BCUT2D eigenvalue weighted by Gasteiger charge is 2.50. The van der Waals surface area contributed by atoms with Crippen molar-refractivity contribution >= 4 is 21.8 Å². The van der Waals surface area contributed by atoms with Crippen molar-refractivity contribution in [3.63, 3.8) is 0 Å². The van der Waals surface area contributed by atoms with E-state index in [0.29, 0.717) is 5.75 Å². The summed E-state index contributed by atoms with van der Waals surface area (Å²) < 4.78 is 23.2. The van der Waals surface area contributed by atoms with E-state index in [4.69, 9.17) is 5.14 Å². The van der Waals surface area contributed by atoms with E-state index in [2.05, 4.69) is 6.58 Å². The van der Waals surface area contributed by atoms with Gasteiger partial charge < -0.3 is 0 Å². The number of nitrogens with two attached hydrogens (primary N) is 1. The standard InChI is InChI=1S/C13H21NO2S2/c1-5-10-17-13(12(2,3)4)9-7-6-8-11(13)18(14,15)16/h5-9,11H,1,10H2,2-4H3,(H2,14,15,16). The highest BCUT2D eigenvalue weighted by Crippen LogP contribution is 2.49. The minimum atomic E-state index is -3.64. The van der Waals surface area contributed by atoms with Crippen LogP contribution in [0.15, 0.2) is 37.0 Å².